The monoisotopic (exact) mass is 282 g/mol. The Morgan fingerprint density at radius 1 is 1.35 bits per heavy atom. The second-order valence-corrected chi connectivity index (χ2v) is 6.43. The Bertz CT molecular complexity index is 344. The molecule has 1 N–H and O–H groups in total. The van der Waals surface area contributed by atoms with Gasteiger partial charge in [0.15, 0.2) is 0 Å². The van der Waals surface area contributed by atoms with Gasteiger partial charge in [-0.15, -0.1) is 0 Å². The lowest BCUT2D eigenvalue weighted by atomic mass is 9.99. The van der Waals surface area contributed by atoms with E-state index in [0.29, 0.717) is 11.8 Å². The number of rotatable bonds is 4. The van der Waals surface area contributed by atoms with Gasteiger partial charge in [-0.05, 0) is 38.0 Å². The lowest BCUT2D eigenvalue weighted by molar-refractivity contribution is 0.0769. The molecular weight excluding hydrogens is 256 g/mol. The third-order valence-corrected chi connectivity index (χ3v) is 4.74. The molecule has 3 aliphatic rings. The van der Waals surface area contributed by atoms with Crippen LogP contribution < -0.4 is 5.32 Å². The summed E-state index contributed by atoms with van der Waals surface area (Å²) in [7, 11) is 1.73. The maximum atomic E-state index is 12.4. The second kappa shape index (κ2) is 6.31. The van der Waals surface area contributed by atoms with E-state index in [2.05, 4.69) is 5.32 Å². The first-order chi connectivity index (χ1) is 9.78. The maximum Gasteiger partial charge on any atom is 0.317 e. The molecule has 0 bridgehead atoms. The van der Waals surface area contributed by atoms with E-state index in [1.54, 1.807) is 7.11 Å². The summed E-state index contributed by atoms with van der Waals surface area (Å²) in [6.07, 6.45) is 5.98. The van der Waals surface area contributed by atoms with Crippen LogP contribution in [0, 0.1) is 11.8 Å². The molecule has 2 amide bonds. The lowest BCUT2D eigenvalue weighted by Crippen LogP contribution is -2.51. The Labute approximate surface area is 121 Å². The molecule has 2 aliphatic heterocycles. The number of nitrogens with one attached hydrogen (secondary N) is 1. The van der Waals surface area contributed by atoms with Crippen LogP contribution in [-0.4, -0.2) is 56.5 Å². The average Bonchev–Trinajstić information content (AvgIpc) is 3.20. The van der Waals surface area contributed by atoms with Crippen LogP contribution in [0.5, 0.6) is 0 Å². The van der Waals surface area contributed by atoms with E-state index < -0.39 is 0 Å². The summed E-state index contributed by atoms with van der Waals surface area (Å²) in [6, 6.07) is 0.310. The molecule has 0 aromatic heterocycles. The summed E-state index contributed by atoms with van der Waals surface area (Å²) in [4.78, 5) is 14.4. The molecule has 1 saturated carbocycles. The van der Waals surface area contributed by atoms with Crippen LogP contribution in [0.1, 0.15) is 32.1 Å². The molecule has 0 aromatic carbocycles. The SMILES string of the molecule is COC[C@@H]1CCCN(C(=O)N[C@@H]2CCO[C@@H]2C2CC2)C1. The molecule has 3 fully saturated rings. The number of likely N-dealkylation sites (tertiary alicyclic amines) is 1. The van der Waals surface area contributed by atoms with Crippen molar-refractivity contribution in [2.45, 2.75) is 44.2 Å². The lowest BCUT2D eigenvalue weighted by Gasteiger charge is -2.33. The first kappa shape index (κ1) is 14.1. The van der Waals surface area contributed by atoms with Gasteiger partial charge < -0.3 is 19.7 Å². The summed E-state index contributed by atoms with van der Waals surface area (Å²) >= 11 is 0. The van der Waals surface area contributed by atoms with Crippen LogP contribution in [0.15, 0.2) is 0 Å². The van der Waals surface area contributed by atoms with E-state index in [-0.39, 0.29) is 18.2 Å². The molecule has 3 rings (SSSR count). The number of methoxy groups -OCH3 is 1. The molecule has 0 radical (unpaired) electrons. The Kier molecular flexibility index (Phi) is 4.46. The number of carbonyl (C=O) groups is 1. The quantitative estimate of drug-likeness (QED) is 0.852. The molecule has 3 atom stereocenters. The minimum absolute atomic E-state index is 0.0898. The van der Waals surface area contributed by atoms with Gasteiger partial charge in [0, 0.05) is 32.7 Å². The van der Waals surface area contributed by atoms with E-state index in [4.69, 9.17) is 9.47 Å². The molecule has 2 saturated heterocycles. The fourth-order valence-electron chi connectivity index (χ4n) is 3.53. The molecule has 0 unspecified atom stereocenters. The second-order valence-electron chi connectivity index (χ2n) is 6.43. The van der Waals surface area contributed by atoms with Gasteiger partial charge in [-0.1, -0.05) is 0 Å². The third kappa shape index (κ3) is 3.26. The summed E-state index contributed by atoms with van der Waals surface area (Å²) < 4.78 is 11.0. The molecule has 20 heavy (non-hydrogen) atoms. The van der Waals surface area contributed by atoms with Crippen molar-refractivity contribution in [1.29, 1.82) is 0 Å². The first-order valence-corrected chi connectivity index (χ1v) is 7.94. The highest BCUT2D eigenvalue weighted by molar-refractivity contribution is 5.74. The molecular formula is C15H26N2O3. The zero-order chi connectivity index (χ0) is 13.9. The minimum Gasteiger partial charge on any atom is -0.384 e. The fourth-order valence-corrected chi connectivity index (χ4v) is 3.53. The first-order valence-electron chi connectivity index (χ1n) is 7.94. The van der Waals surface area contributed by atoms with Gasteiger partial charge in [0.1, 0.15) is 0 Å². The van der Waals surface area contributed by atoms with Crippen molar-refractivity contribution in [2.24, 2.45) is 11.8 Å². The van der Waals surface area contributed by atoms with Gasteiger partial charge >= 0.3 is 6.03 Å². The van der Waals surface area contributed by atoms with Gasteiger partial charge in [0.25, 0.3) is 0 Å². The standard InChI is InChI=1S/C15H26N2O3/c1-19-10-11-3-2-7-17(9-11)15(18)16-13-6-8-20-14(13)12-4-5-12/h11-14H,2-10H2,1H3,(H,16,18)/t11-,13-,14-/m1/s1. The molecule has 1 aliphatic carbocycles. The van der Waals surface area contributed by atoms with Crippen LogP contribution in [-0.2, 0) is 9.47 Å². The van der Waals surface area contributed by atoms with E-state index in [0.717, 1.165) is 45.6 Å². The predicted octanol–water partition coefficient (Wildman–Crippen LogP) is 1.62. The highest BCUT2D eigenvalue weighted by Gasteiger charge is 2.41. The summed E-state index contributed by atoms with van der Waals surface area (Å²) in [5, 5.41) is 3.20. The number of nitrogens with zero attached hydrogens (tertiary/aromatic N) is 1. The molecule has 5 nitrogen and oxygen atoms in total. The molecule has 114 valence electrons. The van der Waals surface area contributed by atoms with E-state index in [9.17, 15) is 4.79 Å². The van der Waals surface area contributed by atoms with E-state index in [1.165, 1.54) is 12.8 Å². The zero-order valence-electron chi connectivity index (χ0n) is 12.3. The third-order valence-electron chi connectivity index (χ3n) is 4.74. The van der Waals surface area contributed by atoms with Crippen molar-refractivity contribution in [2.75, 3.05) is 33.4 Å². The summed E-state index contributed by atoms with van der Waals surface area (Å²) in [5.41, 5.74) is 0. The molecule has 5 heteroatoms. The zero-order valence-corrected chi connectivity index (χ0v) is 12.3. The topological polar surface area (TPSA) is 50.8 Å². The maximum absolute atomic E-state index is 12.4. The van der Waals surface area contributed by atoms with Gasteiger partial charge in [0.05, 0.1) is 18.8 Å². The van der Waals surface area contributed by atoms with Crippen LogP contribution in [0.3, 0.4) is 0 Å². The van der Waals surface area contributed by atoms with Gasteiger partial charge in [-0.25, -0.2) is 4.79 Å². The largest absolute Gasteiger partial charge is 0.384 e. The van der Waals surface area contributed by atoms with Crippen molar-refractivity contribution < 1.29 is 14.3 Å². The van der Waals surface area contributed by atoms with Gasteiger partial charge in [-0.2, -0.15) is 0 Å². The van der Waals surface area contributed by atoms with Crippen molar-refractivity contribution >= 4 is 6.03 Å². The van der Waals surface area contributed by atoms with Gasteiger partial charge in [-0.3, -0.25) is 0 Å². The van der Waals surface area contributed by atoms with Crippen LogP contribution in [0.2, 0.25) is 0 Å². The summed E-state index contributed by atoms with van der Waals surface area (Å²) in [5.74, 6) is 1.17. The number of amides is 2. The van der Waals surface area contributed by atoms with Crippen molar-refractivity contribution in [3.05, 3.63) is 0 Å². The number of ether oxygens (including phenoxy) is 2. The predicted molar refractivity (Wildman–Crippen MR) is 75.6 cm³/mol. The van der Waals surface area contributed by atoms with Crippen LogP contribution in [0.4, 0.5) is 4.79 Å². The molecule has 0 aromatic rings. The smallest absolute Gasteiger partial charge is 0.317 e. The minimum atomic E-state index is 0.0898. The normalized spacial score (nSPS) is 34.2. The van der Waals surface area contributed by atoms with Crippen LogP contribution in [0.25, 0.3) is 0 Å². The number of urea groups is 1. The van der Waals surface area contributed by atoms with Crippen molar-refractivity contribution in [1.82, 2.24) is 10.2 Å². The number of hydrogen-bond donors (Lipinski definition) is 1. The highest BCUT2D eigenvalue weighted by atomic mass is 16.5. The molecule has 0 spiro atoms. The van der Waals surface area contributed by atoms with Crippen LogP contribution >= 0.6 is 0 Å². The van der Waals surface area contributed by atoms with E-state index in [1.807, 2.05) is 4.90 Å². The fraction of sp³-hybridized carbons (Fsp3) is 0.933. The number of hydrogen-bond acceptors (Lipinski definition) is 3. The summed E-state index contributed by atoms with van der Waals surface area (Å²) in [6.45, 7) is 3.23. The average molecular weight is 282 g/mol. The number of piperidine rings is 1. The Morgan fingerprint density at radius 2 is 2.20 bits per heavy atom. The van der Waals surface area contributed by atoms with E-state index >= 15 is 0 Å². The number of carbonyl (C=O) groups excluding carboxylic acids is 1. The Balaban J connectivity index is 1.50. The highest BCUT2D eigenvalue weighted by Crippen LogP contribution is 2.38. The van der Waals surface area contributed by atoms with Crippen molar-refractivity contribution in [3.8, 4) is 0 Å². The molecule has 2 heterocycles. The van der Waals surface area contributed by atoms with Crippen molar-refractivity contribution in [3.63, 3.8) is 0 Å². The Morgan fingerprint density at radius 3 is 2.95 bits per heavy atom. The Hall–Kier alpha value is -0.810. The van der Waals surface area contributed by atoms with Gasteiger partial charge in [0.2, 0.25) is 0 Å².